The van der Waals surface area contributed by atoms with E-state index in [4.69, 9.17) is 0 Å². The number of nitrogens with one attached hydrogen (secondary N) is 2. The minimum absolute atomic E-state index is 0.0292. The van der Waals surface area contributed by atoms with Gasteiger partial charge in [0.2, 0.25) is 11.3 Å². The maximum Gasteiger partial charge on any atom is 0.251 e. The number of rotatable bonds is 13. The average Bonchev–Trinajstić information content (AvgIpc) is 2.82. The van der Waals surface area contributed by atoms with Gasteiger partial charge < -0.3 is 10.6 Å². The lowest BCUT2D eigenvalue weighted by Gasteiger charge is -2.14. The molecule has 0 bridgehead atoms. The molecule has 0 radical (unpaired) electrons. The Labute approximate surface area is 227 Å². The van der Waals surface area contributed by atoms with Crippen molar-refractivity contribution in [2.45, 2.75) is 51.3 Å². The van der Waals surface area contributed by atoms with Crippen molar-refractivity contribution in [3.05, 3.63) is 65.7 Å². The van der Waals surface area contributed by atoms with Gasteiger partial charge in [0.1, 0.15) is 0 Å². The number of halogens is 3. The van der Waals surface area contributed by atoms with Crippen molar-refractivity contribution in [3.63, 3.8) is 0 Å². The van der Waals surface area contributed by atoms with Gasteiger partial charge in [-0.15, -0.1) is 0 Å². The maximum absolute atomic E-state index is 12.5. The van der Waals surface area contributed by atoms with Gasteiger partial charge in [0.25, 0.3) is 11.8 Å². The Bertz CT molecular complexity index is 1040. The van der Waals surface area contributed by atoms with Crippen molar-refractivity contribution in [1.82, 2.24) is 10.6 Å². The summed E-state index contributed by atoms with van der Waals surface area (Å²) in [7, 11) is -3.74. The molecule has 2 N–H and O–H groups in total. The molecule has 186 valence electrons. The molecule has 0 atom stereocenters. The lowest BCUT2D eigenvalue weighted by Crippen LogP contribution is -2.25. The zero-order chi connectivity index (χ0) is 25.0. The van der Waals surface area contributed by atoms with Gasteiger partial charge in [-0.2, -0.15) is 0 Å². The van der Waals surface area contributed by atoms with E-state index in [1.807, 2.05) is 18.2 Å². The van der Waals surface area contributed by atoms with Gasteiger partial charge in [-0.25, -0.2) is 8.42 Å². The van der Waals surface area contributed by atoms with E-state index < -0.39 is 11.3 Å². The van der Waals surface area contributed by atoms with Crippen molar-refractivity contribution in [3.8, 4) is 0 Å². The van der Waals surface area contributed by atoms with E-state index >= 15 is 0 Å². The van der Waals surface area contributed by atoms with Crippen molar-refractivity contribution in [2.75, 3.05) is 13.1 Å². The first-order chi connectivity index (χ1) is 16.1. The van der Waals surface area contributed by atoms with Gasteiger partial charge in [0.05, 0.1) is 4.90 Å². The molecule has 0 spiro atoms. The van der Waals surface area contributed by atoms with Crippen molar-refractivity contribution < 1.29 is 18.0 Å². The highest BCUT2D eigenvalue weighted by Crippen LogP contribution is 2.43. The van der Waals surface area contributed by atoms with E-state index in [0.29, 0.717) is 24.2 Å². The van der Waals surface area contributed by atoms with Crippen LogP contribution in [0.4, 0.5) is 0 Å². The summed E-state index contributed by atoms with van der Waals surface area (Å²) in [5.74, 6) is -0.322. The first kappa shape index (κ1) is 29.0. The van der Waals surface area contributed by atoms with Crippen LogP contribution in [-0.2, 0) is 9.84 Å². The number of carbonyl (C=O) groups is 2. The van der Waals surface area contributed by atoms with Crippen LogP contribution in [0.25, 0.3) is 0 Å². The molecule has 10 heteroatoms. The molecular formula is C24H29Br3N2O4S. The van der Waals surface area contributed by atoms with Crippen LogP contribution in [0, 0.1) is 0 Å². The van der Waals surface area contributed by atoms with Crippen molar-refractivity contribution in [1.29, 1.82) is 0 Å². The summed E-state index contributed by atoms with van der Waals surface area (Å²) in [5.41, 5.74) is 0.989. The van der Waals surface area contributed by atoms with Crippen LogP contribution in [0.5, 0.6) is 0 Å². The SMILES string of the molecule is O=C(NCCCCCCCCCNC(=O)c1cccc(S(=O)(=O)C(Br)(Br)Br)c1)c1ccccc1. The van der Waals surface area contributed by atoms with Crippen LogP contribution in [0.15, 0.2) is 59.5 Å². The summed E-state index contributed by atoms with van der Waals surface area (Å²) in [5, 5.41) is 5.79. The van der Waals surface area contributed by atoms with Gasteiger partial charge in [0.15, 0.2) is 0 Å². The summed E-state index contributed by atoms with van der Waals surface area (Å²) in [6.07, 6.45) is 7.24. The molecule has 2 amide bonds. The third-order valence-electron chi connectivity index (χ3n) is 5.17. The molecule has 34 heavy (non-hydrogen) atoms. The second kappa shape index (κ2) is 14.4. The number of carbonyl (C=O) groups excluding carboxylic acids is 2. The van der Waals surface area contributed by atoms with Gasteiger partial charge in [-0.1, -0.05) is 56.4 Å². The van der Waals surface area contributed by atoms with Gasteiger partial charge >= 0.3 is 0 Å². The fourth-order valence-corrected chi connectivity index (χ4v) is 5.76. The summed E-state index contributed by atoms with van der Waals surface area (Å²) in [6.45, 7) is 1.23. The molecule has 2 aromatic carbocycles. The topological polar surface area (TPSA) is 92.3 Å². The number of unbranched alkanes of at least 4 members (excludes halogenated alkanes) is 6. The molecule has 0 saturated carbocycles. The van der Waals surface area contributed by atoms with E-state index in [1.54, 1.807) is 24.3 Å². The number of benzene rings is 2. The standard InChI is InChI=1S/C24H29Br3N2O4S/c25-24(26,27)34(32,33)21-15-11-14-20(18-21)23(31)29-17-10-5-3-1-2-4-9-16-28-22(30)19-12-7-6-8-13-19/h6-8,11-15,18H,1-5,9-10,16-17H2,(H,28,30)(H,29,31). The third-order valence-corrected chi connectivity index (χ3v) is 10.5. The smallest absolute Gasteiger partial charge is 0.251 e. The maximum atomic E-state index is 12.5. The van der Waals surface area contributed by atoms with Crippen LogP contribution >= 0.6 is 47.8 Å². The Morgan fingerprint density at radius 2 is 1.15 bits per heavy atom. The monoisotopic (exact) mass is 678 g/mol. The minimum Gasteiger partial charge on any atom is -0.352 e. The summed E-state index contributed by atoms with van der Waals surface area (Å²) in [6, 6.07) is 15.2. The quantitative estimate of drug-likeness (QED) is 0.196. The average molecular weight is 681 g/mol. The van der Waals surface area contributed by atoms with E-state index in [-0.39, 0.29) is 16.7 Å². The van der Waals surface area contributed by atoms with Gasteiger partial charge in [0, 0.05) is 24.2 Å². The molecule has 0 aliphatic heterocycles. The lowest BCUT2D eigenvalue weighted by atomic mass is 10.1. The normalized spacial score (nSPS) is 11.7. The molecule has 0 aliphatic carbocycles. The Morgan fingerprint density at radius 3 is 1.68 bits per heavy atom. The molecule has 0 saturated heterocycles. The largest absolute Gasteiger partial charge is 0.352 e. The molecule has 0 aromatic heterocycles. The molecule has 0 unspecified atom stereocenters. The highest BCUT2D eigenvalue weighted by atomic mass is 80.0. The number of sulfone groups is 1. The summed E-state index contributed by atoms with van der Waals surface area (Å²) >= 11 is 9.09. The van der Waals surface area contributed by atoms with E-state index in [9.17, 15) is 18.0 Å². The second-order valence-electron chi connectivity index (χ2n) is 7.83. The summed E-state index contributed by atoms with van der Waals surface area (Å²) in [4.78, 5) is 24.4. The zero-order valence-electron chi connectivity index (χ0n) is 18.7. The highest BCUT2D eigenvalue weighted by Gasteiger charge is 2.37. The molecule has 0 fully saturated rings. The third kappa shape index (κ3) is 9.43. The van der Waals surface area contributed by atoms with Crippen molar-refractivity contribution in [2.24, 2.45) is 0 Å². The number of hydrogen-bond acceptors (Lipinski definition) is 4. The number of alkyl halides is 3. The zero-order valence-corrected chi connectivity index (χ0v) is 24.3. The van der Waals surface area contributed by atoms with E-state index in [1.165, 1.54) is 12.1 Å². The summed E-state index contributed by atoms with van der Waals surface area (Å²) < 4.78 is 23.5. The fraction of sp³-hybridized carbons (Fsp3) is 0.417. The Kier molecular flexibility index (Phi) is 12.2. The van der Waals surface area contributed by atoms with Crippen LogP contribution in [0.1, 0.15) is 65.7 Å². The van der Waals surface area contributed by atoms with E-state index in [2.05, 4.69) is 58.4 Å². The first-order valence-corrected chi connectivity index (χ1v) is 15.0. The Hall–Kier alpha value is -1.23. The first-order valence-electron chi connectivity index (χ1n) is 11.2. The predicted molar refractivity (Wildman–Crippen MR) is 147 cm³/mol. The number of amides is 2. The van der Waals surface area contributed by atoms with Gasteiger partial charge in [-0.3, -0.25) is 9.59 Å². The van der Waals surface area contributed by atoms with Crippen LogP contribution in [-0.4, -0.2) is 34.8 Å². The number of hydrogen-bond donors (Lipinski definition) is 2. The molecule has 2 aromatic rings. The molecule has 6 nitrogen and oxygen atoms in total. The van der Waals surface area contributed by atoms with Gasteiger partial charge in [-0.05, 0) is 91.0 Å². The second-order valence-corrected chi connectivity index (χ2v) is 18.3. The minimum atomic E-state index is -3.74. The lowest BCUT2D eigenvalue weighted by molar-refractivity contribution is 0.0945. The highest BCUT2D eigenvalue weighted by molar-refractivity contribution is 9.42. The Balaban J connectivity index is 1.55. The Morgan fingerprint density at radius 1 is 0.676 bits per heavy atom. The van der Waals surface area contributed by atoms with Crippen LogP contribution < -0.4 is 10.6 Å². The van der Waals surface area contributed by atoms with E-state index in [0.717, 1.165) is 44.9 Å². The van der Waals surface area contributed by atoms with Crippen molar-refractivity contribution >= 4 is 69.4 Å². The fourth-order valence-electron chi connectivity index (χ4n) is 3.27. The molecule has 2 rings (SSSR count). The van der Waals surface area contributed by atoms with Crippen LogP contribution in [0.2, 0.25) is 0 Å². The molecule has 0 heterocycles. The molecule has 0 aliphatic rings. The van der Waals surface area contributed by atoms with Crippen LogP contribution in [0.3, 0.4) is 0 Å². The molecular weight excluding hydrogens is 652 g/mol. The predicted octanol–water partition coefficient (Wildman–Crippen LogP) is 6.15.